The van der Waals surface area contributed by atoms with Crippen LogP contribution in [0.25, 0.3) is 0 Å². The van der Waals surface area contributed by atoms with Crippen LogP contribution in [-0.4, -0.2) is 54.3 Å². The fourth-order valence-electron chi connectivity index (χ4n) is 3.78. The molecule has 0 spiro atoms. The molecule has 2 aliphatic rings. The van der Waals surface area contributed by atoms with E-state index < -0.39 is 36.2 Å². The lowest BCUT2D eigenvalue weighted by atomic mass is 10.0. The fourth-order valence-corrected chi connectivity index (χ4v) is 3.78. The zero-order valence-corrected chi connectivity index (χ0v) is 17.8. The molecule has 2 heterocycles. The lowest BCUT2D eigenvalue weighted by Gasteiger charge is -2.26. The monoisotopic (exact) mass is 437 g/mol. The molecule has 2 amide bonds. The molecule has 0 aromatic heterocycles. The summed E-state index contributed by atoms with van der Waals surface area (Å²) in [5.74, 6) is -1.28. The minimum absolute atomic E-state index is 0.00496. The lowest BCUT2D eigenvalue weighted by molar-refractivity contribution is -0.147. The Morgan fingerprint density at radius 2 is 1.59 bits per heavy atom. The van der Waals surface area contributed by atoms with Crippen LogP contribution < -0.4 is 9.47 Å². The molecule has 2 aromatic carbocycles. The number of hydrogen-bond donors (Lipinski definition) is 0. The average Bonchev–Trinajstić information content (AvgIpc) is 3.05. The number of hydrogen-bond acceptors (Lipinski definition) is 7. The number of nitrogens with zero attached hydrogens (tertiary/aromatic N) is 1. The second kappa shape index (κ2) is 8.82. The molecule has 0 radical (unpaired) electrons. The Balaban J connectivity index is 1.48. The van der Waals surface area contributed by atoms with Crippen molar-refractivity contribution in [2.24, 2.45) is 5.92 Å². The number of carbonyl (C=O) groups excluding carboxylic acids is 4. The highest BCUT2D eigenvalue weighted by Crippen LogP contribution is 2.31. The normalized spacial score (nSPS) is 15.5. The summed E-state index contributed by atoms with van der Waals surface area (Å²) >= 11 is 0. The zero-order chi connectivity index (χ0) is 22.8. The minimum Gasteiger partial charge on any atom is -0.486 e. The maximum atomic E-state index is 12.9. The molecule has 2 aliphatic heterocycles. The maximum Gasteiger partial charge on any atom is 0.329 e. The third-order valence-corrected chi connectivity index (χ3v) is 5.31. The van der Waals surface area contributed by atoms with E-state index in [4.69, 9.17) is 14.2 Å². The first-order valence-corrected chi connectivity index (χ1v) is 10.4. The highest BCUT2D eigenvalue weighted by atomic mass is 16.6. The van der Waals surface area contributed by atoms with Gasteiger partial charge in [-0.2, -0.15) is 0 Å². The predicted molar refractivity (Wildman–Crippen MR) is 113 cm³/mol. The quantitative estimate of drug-likeness (QED) is 0.373. The lowest BCUT2D eigenvalue weighted by Crippen LogP contribution is -2.46. The highest BCUT2D eigenvalue weighted by Gasteiger charge is 2.43. The molecule has 1 atom stereocenters. The Morgan fingerprint density at radius 1 is 0.969 bits per heavy atom. The smallest absolute Gasteiger partial charge is 0.329 e. The van der Waals surface area contributed by atoms with E-state index in [1.165, 1.54) is 0 Å². The Morgan fingerprint density at radius 3 is 2.22 bits per heavy atom. The van der Waals surface area contributed by atoms with Gasteiger partial charge in [0, 0.05) is 5.56 Å². The van der Waals surface area contributed by atoms with Gasteiger partial charge in [-0.25, -0.2) is 4.79 Å². The number of imide groups is 1. The van der Waals surface area contributed by atoms with Gasteiger partial charge < -0.3 is 14.2 Å². The van der Waals surface area contributed by atoms with Crippen molar-refractivity contribution in [1.82, 2.24) is 4.90 Å². The molecule has 2 aromatic rings. The summed E-state index contributed by atoms with van der Waals surface area (Å²) in [7, 11) is 0. The van der Waals surface area contributed by atoms with E-state index in [1.54, 1.807) is 42.5 Å². The zero-order valence-electron chi connectivity index (χ0n) is 17.8. The van der Waals surface area contributed by atoms with Crippen molar-refractivity contribution < 1.29 is 33.4 Å². The highest BCUT2D eigenvalue weighted by molar-refractivity contribution is 6.22. The molecular weight excluding hydrogens is 414 g/mol. The van der Waals surface area contributed by atoms with Gasteiger partial charge in [-0.15, -0.1) is 0 Å². The Hall–Kier alpha value is -3.68. The summed E-state index contributed by atoms with van der Waals surface area (Å²) in [4.78, 5) is 52.1. The molecular formula is C24H23NO7. The van der Waals surface area contributed by atoms with Gasteiger partial charge in [-0.1, -0.05) is 26.0 Å². The number of ether oxygens (including phenoxy) is 3. The van der Waals surface area contributed by atoms with Crippen molar-refractivity contribution in [3.63, 3.8) is 0 Å². The van der Waals surface area contributed by atoms with E-state index in [0.717, 1.165) is 4.90 Å². The molecule has 0 saturated carbocycles. The molecule has 8 heteroatoms. The van der Waals surface area contributed by atoms with Crippen LogP contribution in [0, 0.1) is 5.92 Å². The van der Waals surface area contributed by atoms with Gasteiger partial charge in [0.15, 0.2) is 23.9 Å². The van der Waals surface area contributed by atoms with Gasteiger partial charge in [0.1, 0.15) is 19.3 Å². The third kappa shape index (κ3) is 4.08. The van der Waals surface area contributed by atoms with Gasteiger partial charge in [-0.3, -0.25) is 19.3 Å². The van der Waals surface area contributed by atoms with Crippen molar-refractivity contribution >= 4 is 23.6 Å². The van der Waals surface area contributed by atoms with Crippen LogP contribution in [-0.2, 0) is 9.53 Å². The van der Waals surface area contributed by atoms with Crippen molar-refractivity contribution in [1.29, 1.82) is 0 Å². The summed E-state index contributed by atoms with van der Waals surface area (Å²) in [6.45, 7) is 4.05. The van der Waals surface area contributed by atoms with Crippen LogP contribution in [0.5, 0.6) is 11.5 Å². The number of fused-ring (bicyclic) bond motifs is 2. The summed E-state index contributed by atoms with van der Waals surface area (Å²) in [5.41, 5.74) is 0.820. The van der Waals surface area contributed by atoms with E-state index in [9.17, 15) is 19.2 Å². The molecule has 4 rings (SSSR count). The van der Waals surface area contributed by atoms with Crippen LogP contribution in [0.2, 0.25) is 0 Å². The van der Waals surface area contributed by atoms with Gasteiger partial charge >= 0.3 is 5.97 Å². The molecule has 166 valence electrons. The van der Waals surface area contributed by atoms with Gasteiger partial charge in [0.2, 0.25) is 0 Å². The number of Topliss-reactive ketones (excluding diaryl/α,β-unsaturated/α-hetero) is 1. The molecule has 8 nitrogen and oxygen atoms in total. The van der Waals surface area contributed by atoms with Crippen molar-refractivity contribution in [2.45, 2.75) is 26.3 Å². The summed E-state index contributed by atoms with van der Waals surface area (Å²) in [6.07, 6.45) is 0.225. The maximum absolute atomic E-state index is 12.9. The Labute approximate surface area is 185 Å². The molecule has 0 N–H and O–H groups in total. The minimum atomic E-state index is -1.12. The van der Waals surface area contributed by atoms with E-state index in [1.807, 2.05) is 13.8 Å². The topological polar surface area (TPSA) is 99.2 Å². The largest absolute Gasteiger partial charge is 0.486 e. The average molecular weight is 437 g/mol. The first kappa shape index (κ1) is 21.5. The van der Waals surface area contributed by atoms with Gasteiger partial charge in [-0.05, 0) is 42.7 Å². The molecule has 0 saturated heterocycles. The number of carbonyl (C=O) groups is 4. The van der Waals surface area contributed by atoms with Crippen molar-refractivity contribution in [3.8, 4) is 11.5 Å². The summed E-state index contributed by atoms with van der Waals surface area (Å²) in [5, 5.41) is 0. The van der Waals surface area contributed by atoms with Crippen LogP contribution in [0.3, 0.4) is 0 Å². The predicted octanol–water partition coefficient (Wildman–Crippen LogP) is 2.89. The molecule has 32 heavy (non-hydrogen) atoms. The standard InChI is InChI=1S/C24H23NO7/c1-14(2)11-18(25-22(27)16-5-3-4-6-17(16)23(25)28)24(29)32-13-19(26)15-7-8-20-21(12-15)31-10-9-30-20/h3-8,12,14,18H,9-11,13H2,1-2H3/t18-/m1/s1. The number of ketones is 1. The number of amides is 2. The van der Waals surface area contributed by atoms with Crippen LogP contribution in [0.4, 0.5) is 0 Å². The van der Waals surface area contributed by atoms with Crippen LogP contribution in [0.15, 0.2) is 42.5 Å². The van der Waals surface area contributed by atoms with Gasteiger partial charge in [0.05, 0.1) is 11.1 Å². The molecule has 0 aliphatic carbocycles. The van der Waals surface area contributed by atoms with E-state index in [-0.39, 0.29) is 23.5 Å². The van der Waals surface area contributed by atoms with Crippen molar-refractivity contribution in [3.05, 3.63) is 59.2 Å². The molecule has 0 bridgehead atoms. The van der Waals surface area contributed by atoms with E-state index in [2.05, 4.69) is 0 Å². The number of rotatable bonds is 7. The SMILES string of the molecule is CC(C)C[C@H](C(=O)OCC(=O)c1ccc2c(c1)OCCO2)N1C(=O)c2ccccc2C1=O. The summed E-state index contributed by atoms with van der Waals surface area (Å²) < 4.78 is 16.2. The van der Waals surface area contributed by atoms with E-state index >= 15 is 0 Å². The van der Waals surface area contributed by atoms with Crippen LogP contribution in [0.1, 0.15) is 51.3 Å². The molecule has 0 fully saturated rings. The van der Waals surface area contributed by atoms with Crippen molar-refractivity contribution in [2.75, 3.05) is 19.8 Å². The fraction of sp³-hybridized carbons (Fsp3) is 0.333. The summed E-state index contributed by atoms with van der Waals surface area (Å²) in [6, 6.07) is 10.1. The third-order valence-electron chi connectivity index (χ3n) is 5.31. The second-order valence-electron chi connectivity index (χ2n) is 8.06. The first-order chi connectivity index (χ1) is 15.4. The Kier molecular flexibility index (Phi) is 5.94. The first-order valence-electron chi connectivity index (χ1n) is 10.4. The van der Waals surface area contributed by atoms with Crippen LogP contribution >= 0.6 is 0 Å². The number of esters is 1. The van der Waals surface area contributed by atoms with E-state index in [0.29, 0.717) is 30.3 Å². The molecule has 0 unspecified atom stereocenters. The Bertz CT molecular complexity index is 1060. The second-order valence-corrected chi connectivity index (χ2v) is 8.06. The van der Waals surface area contributed by atoms with Gasteiger partial charge in [0.25, 0.3) is 11.8 Å². The number of benzene rings is 2.